The third-order valence-electron chi connectivity index (χ3n) is 5.33. The minimum absolute atomic E-state index is 0.0841. The quantitative estimate of drug-likeness (QED) is 0.777. The summed E-state index contributed by atoms with van der Waals surface area (Å²) in [5.41, 5.74) is -1.53. The molecule has 1 saturated heterocycles. The number of piperidine rings is 1. The lowest BCUT2D eigenvalue weighted by Crippen LogP contribution is -2.48. The lowest BCUT2D eigenvalue weighted by molar-refractivity contribution is -0.143. The van der Waals surface area contributed by atoms with Crippen molar-refractivity contribution in [2.24, 2.45) is 5.92 Å². The second-order valence-electron chi connectivity index (χ2n) is 7.29. The van der Waals surface area contributed by atoms with E-state index < -0.39 is 40.9 Å². The van der Waals surface area contributed by atoms with Crippen molar-refractivity contribution in [2.75, 3.05) is 19.6 Å². The average Bonchev–Trinajstić information content (AvgIpc) is 3.40. The largest absolute Gasteiger partial charge is 0.481 e. The Kier molecular flexibility index (Phi) is 5.05. The van der Waals surface area contributed by atoms with Gasteiger partial charge in [0, 0.05) is 25.0 Å². The number of benzene rings is 1. The van der Waals surface area contributed by atoms with Gasteiger partial charge in [0.2, 0.25) is 0 Å². The van der Waals surface area contributed by atoms with Gasteiger partial charge in [-0.05, 0) is 49.4 Å². The van der Waals surface area contributed by atoms with Gasteiger partial charge in [0.05, 0.1) is 11.5 Å². The second-order valence-corrected chi connectivity index (χ2v) is 7.29. The summed E-state index contributed by atoms with van der Waals surface area (Å²) in [6, 6.07) is 2.02. The molecule has 2 N–H and O–H groups in total. The molecule has 1 aliphatic carbocycles. The third-order valence-corrected chi connectivity index (χ3v) is 5.33. The molecule has 1 aromatic rings. The van der Waals surface area contributed by atoms with Crippen LogP contribution < -0.4 is 5.32 Å². The first-order valence-electron chi connectivity index (χ1n) is 8.75. The fraction of sp³-hybridized carbons (Fsp3) is 0.556. The van der Waals surface area contributed by atoms with Gasteiger partial charge in [-0.2, -0.15) is 13.2 Å². The van der Waals surface area contributed by atoms with Gasteiger partial charge < -0.3 is 15.3 Å². The van der Waals surface area contributed by atoms with Crippen LogP contribution in [0, 0.1) is 11.7 Å². The Balaban J connectivity index is 1.67. The highest BCUT2D eigenvalue weighted by molar-refractivity contribution is 5.76. The van der Waals surface area contributed by atoms with Crippen LogP contribution in [0.25, 0.3) is 0 Å². The molecule has 3 rings (SSSR count). The van der Waals surface area contributed by atoms with Crippen LogP contribution in [-0.4, -0.2) is 41.6 Å². The molecule has 9 heteroatoms. The van der Waals surface area contributed by atoms with Crippen LogP contribution in [0.3, 0.4) is 0 Å². The molecule has 27 heavy (non-hydrogen) atoms. The van der Waals surface area contributed by atoms with Gasteiger partial charge in [-0.15, -0.1) is 0 Å². The third kappa shape index (κ3) is 4.33. The maximum Gasteiger partial charge on any atom is 0.416 e. The number of likely N-dealkylation sites (tertiary alicyclic amines) is 1. The Morgan fingerprint density at radius 3 is 2.56 bits per heavy atom. The summed E-state index contributed by atoms with van der Waals surface area (Å²) in [5, 5.41) is 11.8. The number of rotatable bonds is 4. The van der Waals surface area contributed by atoms with Crippen molar-refractivity contribution in [2.45, 2.75) is 37.3 Å². The van der Waals surface area contributed by atoms with Crippen LogP contribution in [0.4, 0.5) is 22.4 Å². The van der Waals surface area contributed by atoms with Crippen molar-refractivity contribution < 1.29 is 32.3 Å². The van der Waals surface area contributed by atoms with E-state index >= 15 is 0 Å². The van der Waals surface area contributed by atoms with Crippen molar-refractivity contribution in [3.05, 3.63) is 35.1 Å². The average molecular weight is 388 g/mol. The molecule has 2 amide bonds. The number of urea groups is 1. The summed E-state index contributed by atoms with van der Waals surface area (Å²) in [6.07, 6.45) is -2.46. The normalized spacial score (nSPS) is 21.6. The Morgan fingerprint density at radius 1 is 1.26 bits per heavy atom. The fourth-order valence-electron chi connectivity index (χ4n) is 3.50. The Bertz CT molecular complexity index is 747. The van der Waals surface area contributed by atoms with E-state index in [-0.39, 0.29) is 18.7 Å². The van der Waals surface area contributed by atoms with Crippen LogP contribution >= 0.6 is 0 Å². The maximum absolute atomic E-state index is 13.7. The number of nitrogens with zero attached hydrogens (tertiary/aromatic N) is 1. The molecule has 2 aliphatic rings. The molecule has 1 aliphatic heterocycles. The van der Waals surface area contributed by atoms with Gasteiger partial charge >= 0.3 is 18.2 Å². The van der Waals surface area contributed by atoms with Gasteiger partial charge in [0.15, 0.2) is 0 Å². The summed E-state index contributed by atoms with van der Waals surface area (Å²) < 4.78 is 52.4. The van der Waals surface area contributed by atoms with Crippen molar-refractivity contribution in [3.8, 4) is 0 Å². The first kappa shape index (κ1) is 19.4. The van der Waals surface area contributed by atoms with Crippen molar-refractivity contribution >= 4 is 12.0 Å². The number of hydrogen-bond donors (Lipinski definition) is 2. The van der Waals surface area contributed by atoms with Gasteiger partial charge in [-0.3, -0.25) is 4.79 Å². The molecular formula is C18H20F4N2O3. The van der Waals surface area contributed by atoms with Crippen molar-refractivity contribution in [1.82, 2.24) is 10.2 Å². The van der Waals surface area contributed by atoms with Crippen LogP contribution in [-0.2, 0) is 16.4 Å². The number of nitrogens with one attached hydrogen (secondary N) is 1. The Morgan fingerprint density at radius 2 is 1.96 bits per heavy atom. The molecule has 1 unspecified atom stereocenters. The molecule has 0 bridgehead atoms. The highest BCUT2D eigenvalue weighted by atomic mass is 19.4. The molecule has 1 aromatic carbocycles. The van der Waals surface area contributed by atoms with Crippen LogP contribution in [0.1, 0.15) is 36.8 Å². The fourth-order valence-corrected chi connectivity index (χ4v) is 3.50. The lowest BCUT2D eigenvalue weighted by atomic mass is 9.93. The maximum atomic E-state index is 13.7. The lowest BCUT2D eigenvalue weighted by Gasteiger charge is -2.31. The minimum atomic E-state index is -4.64. The zero-order valence-electron chi connectivity index (χ0n) is 14.5. The summed E-state index contributed by atoms with van der Waals surface area (Å²) in [7, 11) is 0. The number of halogens is 4. The van der Waals surface area contributed by atoms with Crippen molar-refractivity contribution in [3.63, 3.8) is 0 Å². The van der Waals surface area contributed by atoms with Gasteiger partial charge in [-0.1, -0.05) is 0 Å². The number of carbonyl (C=O) groups is 2. The second kappa shape index (κ2) is 7.01. The molecule has 2 fully saturated rings. The Hall–Kier alpha value is -2.32. The molecule has 5 nitrogen and oxygen atoms in total. The molecule has 1 atom stereocenters. The number of carbonyl (C=O) groups excluding carboxylic acids is 1. The van der Waals surface area contributed by atoms with E-state index in [0.717, 1.165) is 12.1 Å². The monoisotopic (exact) mass is 388 g/mol. The Labute approximate surface area is 153 Å². The first-order valence-corrected chi connectivity index (χ1v) is 8.75. The number of hydrogen-bond acceptors (Lipinski definition) is 2. The van der Waals surface area contributed by atoms with E-state index in [4.69, 9.17) is 5.11 Å². The topological polar surface area (TPSA) is 69.6 Å². The van der Waals surface area contributed by atoms with Crippen LogP contribution in [0.15, 0.2) is 18.2 Å². The molecule has 0 aromatic heterocycles. The standard InChI is InChI=1S/C18H20F4N2O3/c19-14-7-12(6-13(8-14)18(20,21)22)17(3-4-17)10-23-16(27)24-5-1-2-11(9-24)15(25)26/h6-8,11H,1-5,9-10H2,(H,23,27)(H,25,26). The number of carboxylic acids is 1. The molecular weight excluding hydrogens is 368 g/mol. The summed E-state index contributed by atoms with van der Waals surface area (Å²) in [5.74, 6) is -2.53. The van der Waals surface area contributed by atoms with Crippen LogP contribution in [0.5, 0.6) is 0 Å². The van der Waals surface area contributed by atoms with E-state index in [1.807, 2.05) is 0 Å². The zero-order chi connectivity index (χ0) is 19.8. The smallest absolute Gasteiger partial charge is 0.416 e. The van der Waals surface area contributed by atoms with Gasteiger partial charge in [-0.25, -0.2) is 9.18 Å². The van der Waals surface area contributed by atoms with E-state index in [1.165, 1.54) is 4.90 Å². The highest BCUT2D eigenvalue weighted by Gasteiger charge is 2.46. The number of aliphatic carboxylic acids is 1. The summed E-state index contributed by atoms with van der Waals surface area (Å²) >= 11 is 0. The molecule has 1 saturated carbocycles. The van der Waals surface area contributed by atoms with Crippen molar-refractivity contribution in [1.29, 1.82) is 0 Å². The number of carboxylic acid groups (broad SMARTS) is 1. The van der Waals surface area contributed by atoms with E-state index in [2.05, 4.69) is 5.32 Å². The SMILES string of the molecule is O=C(O)C1CCCN(C(=O)NCC2(c3cc(F)cc(C(F)(F)F)c3)CC2)C1. The number of alkyl halides is 3. The predicted octanol–water partition coefficient (Wildman–Crippen LogP) is 3.38. The first-order chi connectivity index (χ1) is 12.6. The molecule has 0 spiro atoms. The zero-order valence-corrected chi connectivity index (χ0v) is 14.5. The highest BCUT2D eigenvalue weighted by Crippen LogP contribution is 2.49. The predicted molar refractivity (Wildman–Crippen MR) is 87.6 cm³/mol. The van der Waals surface area contributed by atoms with Gasteiger partial charge in [0.25, 0.3) is 0 Å². The summed E-state index contributed by atoms with van der Waals surface area (Å²) in [6.45, 7) is 0.619. The number of amides is 2. The minimum Gasteiger partial charge on any atom is -0.481 e. The van der Waals surface area contributed by atoms with E-state index in [1.54, 1.807) is 0 Å². The van der Waals surface area contributed by atoms with E-state index in [0.29, 0.717) is 38.3 Å². The van der Waals surface area contributed by atoms with Crippen LogP contribution in [0.2, 0.25) is 0 Å². The summed E-state index contributed by atoms with van der Waals surface area (Å²) in [4.78, 5) is 24.8. The molecule has 148 valence electrons. The molecule has 1 heterocycles. The molecule has 0 radical (unpaired) electrons. The van der Waals surface area contributed by atoms with Gasteiger partial charge in [0.1, 0.15) is 5.82 Å². The van der Waals surface area contributed by atoms with E-state index in [9.17, 15) is 27.2 Å².